The van der Waals surface area contributed by atoms with Gasteiger partial charge in [-0.15, -0.1) is 0 Å². The van der Waals surface area contributed by atoms with Crippen LogP contribution in [0.25, 0.3) is 0 Å². The van der Waals surface area contributed by atoms with Gasteiger partial charge in [0, 0.05) is 0 Å². The second kappa shape index (κ2) is 6.89. The van der Waals surface area contributed by atoms with Gasteiger partial charge < -0.3 is 0 Å². The first-order valence-electron chi connectivity index (χ1n) is 9.08. The molecule has 0 heterocycles. The molecule has 0 saturated carbocycles. The second-order valence-electron chi connectivity index (χ2n) is 7.14. The number of hydrogen-bond donors (Lipinski definition) is 0. The maximum atomic E-state index is 2.46. The summed E-state index contributed by atoms with van der Waals surface area (Å²) in [6, 6.07) is 18.6. The van der Waals surface area contributed by atoms with Crippen LogP contribution in [0.3, 0.4) is 0 Å². The van der Waals surface area contributed by atoms with Crippen molar-refractivity contribution >= 4 is 6.54 Å². The van der Waals surface area contributed by atoms with Gasteiger partial charge in [-0.3, -0.25) is 0 Å². The number of rotatable bonds is 4. The monoisotopic (exact) mass is 402 g/mol. The van der Waals surface area contributed by atoms with Crippen LogP contribution in [0.2, 0.25) is 0 Å². The van der Waals surface area contributed by atoms with Gasteiger partial charge in [-0.1, -0.05) is 0 Å². The Morgan fingerprint density at radius 1 is 0.680 bits per heavy atom. The van der Waals surface area contributed by atoms with Gasteiger partial charge in [0.1, 0.15) is 0 Å². The van der Waals surface area contributed by atoms with E-state index in [0.717, 1.165) is 12.8 Å². The zero-order valence-electron chi connectivity index (χ0n) is 15.0. The molecule has 124 valence electrons. The van der Waals surface area contributed by atoms with E-state index in [1.54, 1.807) is 13.1 Å². The summed E-state index contributed by atoms with van der Waals surface area (Å²) in [5, 5.41) is 0. The average molecular weight is 404 g/mol. The van der Waals surface area contributed by atoms with Gasteiger partial charge in [0.15, 0.2) is 0 Å². The van der Waals surface area contributed by atoms with Crippen molar-refractivity contribution in [3.8, 4) is 0 Å². The van der Waals surface area contributed by atoms with Crippen LogP contribution < -0.4 is 6.54 Å². The van der Waals surface area contributed by atoms with Crippen molar-refractivity contribution in [2.75, 3.05) is 0 Å². The summed E-state index contributed by atoms with van der Waals surface area (Å²) in [5.41, 5.74) is 2.73. The van der Waals surface area contributed by atoms with Gasteiger partial charge in [-0.25, -0.2) is 0 Å². The maximum absolute atomic E-state index is 3.16. The fourth-order valence-electron chi connectivity index (χ4n) is 4.32. The molecule has 0 N–H and O–H groups in total. The van der Waals surface area contributed by atoms with Crippen molar-refractivity contribution in [2.45, 2.75) is 26.7 Å². The van der Waals surface area contributed by atoms with E-state index in [1.165, 1.54) is 11.1 Å². The molecular formula is C24H24Zr. The van der Waals surface area contributed by atoms with Crippen LogP contribution in [-0.4, -0.2) is 0 Å². The normalized spacial score (nSPS) is 16.2. The molecule has 0 amide bonds. The van der Waals surface area contributed by atoms with Gasteiger partial charge in [0.25, 0.3) is 0 Å². The summed E-state index contributed by atoms with van der Waals surface area (Å²) < 4.78 is 6.54. The Kier molecular flexibility index (Phi) is 4.61. The van der Waals surface area contributed by atoms with Gasteiger partial charge in [-0.05, 0) is 0 Å². The first kappa shape index (κ1) is 16.7. The van der Waals surface area contributed by atoms with E-state index < -0.39 is 20.3 Å². The van der Waals surface area contributed by atoms with Crippen LogP contribution >= 0.6 is 0 Å². The van der Waals surface area contributed by atoms with Crippen LogP contribution in [0.5, 0.6) is 0 Å². The molecule has 0 saturated heterocycles. The van der Waals surface area contributed by atoms with Crippen LogP contribution in [0.4, 0.5) is 0 Å². The number of aryl methyl sites for hydroxylation is 2. The summed E-state index contributed by atoms with van der Waals surface area (Å²) in [6.45, 7) is 4.44. The van der Waals surface area contributed by atoms with Crippen LogP contribution in [0.1, 0.15) is 24.0 Å². The van der Waals surface area contributed by atoms with Crippen LogP contribution in [0.15, 0.2) is 91.5 Å². The van der Waals surface area contributed by atoms with Gasteiger partial charge in [0.2, 0.25) is 0 Å². The minimum atomic E-state index is -3.16. The third-order valence-electron chi connectivity index (χ3n) is 5.41. The molecule has 0 aliphatic heterocycles. The third-order valence-corrected chi connectivity index (χ3v) is 17.8. The average Bonchev–Trinajstić information content (AvgIpc) is 3.30. The van der Waals surface area contributed by atoms with Gasteiger partial charge >= 0.3 is 156 Å². The summed E-state index contributed by atoms with van der Waals surface area (Å²) >= 11 is -3.16. The van der Waals surface area contributed by atoms with E-state index in [-0.39, 0.29) is 0 Å². The fourth-order valence-corrected chi connectivity index (χ4v) is 17.5. The van der Waals surface area contributed by atoms with E-state index in [9.17, 15) is 0 Å². The Balaban J connectivity index is 2.04. The third kappa shape index (κ3) is 2.89. The number of benzene rings is 2. The Bertz CT molecular complexity index is 847. The summed E-state index contributed by atoms with van der Waals surface area (Å²) in [6.07, 6.45) is 16.2. The molecule has 0 bridgehead atoms. The minimum absolute atomic E-state index is 1.11. The fraction of sp³-hybridized carbons (Fsp3) is 0.167. The first-order chi connectivity index (χ1) is 12.2. The quantitative estimate of drug-likeness (QED) is 0.666. The number of allylic oxidation sites excluding steroid dienone is 8. The van der Waals surface area contributed by atoms with Crippen LogP contribution in [-0.2, 0) is 20.3 Å². The first-order valence-corrected chi connectivity index (χ1v) is 14.0. The van der Waals surface area contributed by atoms with Crippen molar-refractivity contribution in [2.24, 2.45) is 0 Å². The second-order valence-corrected chi connectivity index (χ2v) is 16.8. The van der Waals surface area contributed by atoms with Gasteiger partial charge in [0.05, 0.1) is 0 Å². The standard InChI is InChI=1S/2C7H7.2C5H5.Zr/c2*1-7-5-3-2-4-6-7;2*1-2-4-5-3-1;/h2*2-3,5-6H,1H3;2*1-3H,4H2;. The van der Waals surface area contributed by atoms with Gasteiger partial charge in [-0.2, -0.15) is 0 Å². The van der Waals surface area contributed by atoms with Crippen molar-refractivity contribution in [3.63, 3.8) is 0 Å². The molecule has 0 aromatic heterocycles. The van der Waals surface area contributed by atoms with Crippen molar-refractivity contribution in [1.29, 1.82) is 0 Å². The molecule has 25 heavy (non-hydrogen) atoms. The Hall–Kier alpha value is -1.72. The topological polar surface area (TPSA) is 0 Å². The van der Waals surface area contributed by atoms with E-state index >= 15 is 0 Å². The molecule has 2 aliphatic rings. The van der Waals surface area contributed by atoms with E-state index in [1.807, 2.05) is 0 Å². The zero-order valence-corrected chi connectivity index (χ0v) is 17.5. The molecule has 0 spiro atoms. The SMILES string of the molecule is Cc1ccc[c]([Zr]([C]2=CC=CC2)([C]2=CC=CC2)[c]2cccc(C)c2)c1. The molecule has 0 fully saturated rings. The van der Waals surface area contributed by atoms with E-state index in [2.05, 4.69) is 98.8 Å². The molecule has 4 rings (SSSR count). The predicted molar refractivity (Wildman–Crippen MR) is 105 cm³/mol. The molecule has 2 aromatic rings. The molecule has 1 heteroatoms. The molecule has 0 nitrogen and oxygen atoms in total. The Morgan fingerprint density at radius 3 is 1.52 bits per heavy atom. The molecular weight excluding hydrogens is 379 g/mol. The summed E-state index contributed by atoms with van der Waals surface area (Å²) in [4.78, 5) is 0. The molecule has 0 unspecified atom stereocenters. The predicted octanol–water partition coefficient (Wildman–Crippen LogP) is 5.10. The van der Waals surface area contributed by atoms with Crippen molar-refractivity contribution in [1.82, 2.24) is 0 Å². The zero-order chi connectivity index (χ0) is 17.3. The molecule has 2 aliphatic carbocycles. The molecule has 2 aromatic carbocycles. The summed E-state index contributed by atoms with van der Waals surface area (Å²) in [7, 11) is 0. The van der Waals surface area contributed by atoms with Crippen molar-refractivity contribution in [3.05, 3.63) is 103 Å². The molecule has 0 radical (unpaired) electrons. The van der Waals surface area contributed by atoms with Crippen LogP contribution in [0, 0.1) is 13.8 Å². The molecule has 0 atom stereocenters. The summed E-state index contributed by atoms with van der Waals surface area (Å²) in [5.74, 6) is 0. The Morgan fingerprint density at radius 2 is 1.16 bits per heavy atom. The van der Waals surface area contributed by atoms with Crippen molar-refractivity contribution < 1.29 is 20.3 Å². The van der Waals surface area contributed by atoms with E-state index in [4.69, 9.17) is 0 Å². The van der Waals surface area contributed by atoms with E-state index in [0.29, 0.717) is 0 Å². The number of hydrogen-bond acceptors (Lipinski definition) is 0. The Labute approximate surface area is 155 Å².